The summed E-state index contributed by atoms with van der Waals surface area (Å²) in [5.74, 6) is -6.63. The molecule has 2 aromatic rings. The molecule has 1 unspecified atom stereocenters. The summed E-state index contributed by atoms with van der Waals surface area (Å²) in [6.07, 6.45) is -16.7. The highest BCUT2D eigenvalue weighted by Gasteiger charge is 2.41. The van der Waals surface area contributed by atoms with Crippen LogP contribution in [0.5, 0.6) is 0 Å². The predicted molar refractivity (Wildman–Crippen MR) is 123 cm³/mol. The number of Topliss-reactive ketones (excluding diaryl/α,β-unsaturated/α-hetero) is 1. The number of ketones is 1. The summed E-state index contributed by atoms with van der Waals surface area (Å²) < 4.78 is 134. The molecule has 0 aliphatic carbocycles. The molecule has 0 spiro atoms. The Morgan fingerprint density at radius 1 is 0.949 bits per heavy atom. The van der Waals surface area contributed by atoms with E-state index >= 15 is 0 Å². The number of amides is 1. The van der Waals surface area contributed by atoms with Gasteiger partial charge in [0.2, 0.25) is 5.91 Å². The number of allylic oxidation sites excluding steroid dienone is 1. The maximum Gasteiger partial charge on any atom is 0.417 e. The molecule has 0 aliphatic rings. The molecule has 1 atom stereocenters. The molecule has 0 fully saturated rings. The number of carbonyl (C=O) groups is 2. The van der Waals surface area contributed by atoms with Gasteiger partial charge in [0, 0.05) is 36.0 Å². The molecule has 2 rings (SSSR count). The van der Waals surface area contributed by atoms with Crippen LogP contribution in [0.2, 0.25) is 5.02 Å². The first kappa shape index (κ1) is 32.1. The summed E-state index contributed by atoms with van der Waals surface area (Å²) in [6.45, 7) is -0.227. The predicted octanol–water partition coefficient (Wildman–Crippen LogP) is 8.31. The van der Waals surface area contributed by atoms with Gasteiger partial charge in [-0.05, 0) is 36.3 Å². The van der Waals surface area contributed by atoms with Crippen LogP contribution in [0.15, 0.2) is 42.5 Å². The number of carbonyl (C=O) groups excluding carboxylic acids is 2. The van der Waals surface area contributed by atoms with Crippen LogP contribution < -0.4 is 0 Å². The monoisotopic (exact) mass is 591 g/mol. The van der Waals surface area contributed by atoms with Gasteiger partial charge >= 0.3 is 18.5 Å². The zero-order chi connectivity index (χ0) is 29.9. The van der Waals surface area contributed by atoms with Gasteiger partial charge in [-0.25, -0.2) is 4.39 Å². The summed E-state index contributed by atoms with van der Waals surface area (Å²) in [6, 6.07) is 4.55. The number of aryl methyl sites for hydroxylation is 1. The Morgan fingerprint density at radius 2 is 1.56 bits per heavy atom. The van der Waals surface area contributed by atoms with Gasteiger partial charge in [0.05, 0.1) is 5.56 Å². The van der Waals surface area contributed by atoms with Crippen molar-refractivity contribution in [2.45, 2.75) is 44.2 Å². The third-order valence-corrected chi connectivity index (χ3v) is 5.94. The third kappa shape index (κ3) is 8.97. The van der Waals surface area contributed by atoms with Gasteiger partial charge in [-0.2, -0.15) is 39.5 Å². The van der Waals surface area contributed by atoms with Gasteiger partial charge in [-0.3, -0.25) is 9.59 Å². The molecule has 0 bridgehead atoms. The van der Waals surface area contributed by atoms with Crippen LogP contribution in [0.3, 0.4) is 0 Å². The van der Waals surface area contributed by atoms with Crippen molar-refractivity contribution in [3.63, 3.8) is 0 Å². The molecule has 0 N–H and O–H groups in total. The van der Waals surface area contributed by atoms with Gasteiger partial charge in [-0.15, -0.1) is 0 Å². The SMILES string of the molecule is Cc1cc(C(/C=C(\F)c2ccc(C(=O)CCC(=O)N(C)CC(F)(F)F)c(C(F)(F)F)c2)C(F)(F)F)ccc1Cl. The minimum Gasteiger partial charge on any atom is -0.337 e. The number of hydrogen-bond donors (Lipinski definition) is 0. The van der Waals surface area contributed by atoms with Crippen LogP contribution in [0.1, 0.15) is 51.4 Å². The van der Waals surface area contributed by atoms with Gasteiger partial charge in [0.1, 0.15) is 18.3 Å². The standard InChI is InChI=1S/C25H20ClF10NO2/c1-13-9-14(4-6-19(13)26)17(24(31,32)33)11-20(27)15-3-5-16(18(10-15)25(34,35)36)21(38)7-8-22(39)37(2)12-23(28,29)30/h3-6,9-11,17H,7-8,12H2,1-2H3/b20-11-. The molecule has 0 aromatic heterocycles. The number of hydrogen-bond acceptors (Lipinski definition) is 2. The van der Waals surface area contributed by atoms with Crippen molar-refractivity contribution < 1.29 is 53.5 Å². The Hall–Kier alpha value is -3.09. The van der Waals surface area contributed by atoms with Crippen molar-refractivity contribution in [2.24, 2.45) is 0 Å². The zero-order valence-corrected chi connectivity index (χ0v) is 20.9. The van der Waals surface area contributed by atoms with E-state index in [0.29, 0.717) is 12.1 Å². The molecule has 1 amide bonds. The lowest BCUT2D eigenvalue weighted by Crippen LogP contribution is -2.35. The van der Waals surface area contributed by atoms with Crippen LogP contribution in [0, 0.1) is 6.92 Å². The smallest absolute Gasteiger partial charge is 0.337 e. The van der Waals surface area contributed by atoms with E-state index < -0.39 is 83.6 Å². The van der Waals surface area contributed by atoms with Gasteiger partial charge in [-0.1, -0.05) is 35.9 Å². The lowest BCUT2D eigenvalue weighted by molar-refractivity contribution is -0.158. The van der Waals surface area contributed by atoms with E-state index in [1.165, 1.54) is 6.92 Å². The minimum absolute atomic E-state index is 0.0921. The average Bonchev–Trinajstić information content (AvgIpc) is 2.79. The third-order valence-electron chi connectivity index (χ3n) is 5.52. The summed E-state index contributed by atoms with van der Waals surface area (Å²) in [7, 11) is 0.797. The first-order valence-corrected chi connectivity index (χ1v) is 11.3. The summed E-state index contributed by atoms with van der Waals surface area (Å²) in [5, 5.41) is 0.146. The van der Waals surface area contributed by atoms with Gasteiger partial charge < -0.3 is 4.90 Å². The Kier molecular flexibility index (Phi) is 9.86. The van der Waals surface area contributed by atoms with E-state index in [1.54, 1.807) is 0 Å². The van der Waals surface area contributed by atoms with Gasteiger partial charge in [0.25, 0.3) is 0 Å². The van der Waals surface area contributed by atoms with E-state index in [-0.39, 0.29) is 27.6 Å². The first-order valence-electron chi connectivity index (χ1n) is 11.0. The molecular formula is C25H20ClF10NO2. The number of benzene rings is 2. The highest BCUT2D eigenvalue weighted by Crippen LogP contribution is 2.40. The van der Waals surface area contributed by atoms with Crippen molar-refractivity contribution >= 4 is 29.1 Å². The van der Waals surface area contributed by atoms with E-state index in [9.17, 15) is 53.5 Å². The molecule has 14 heteroatoms. The fourth-order valence-corrected chi connectivity index (χ4v) is 3.67. The normalized spacial score (nSPS) is 13.8. The van der Waals surface area contributed by atoms with Crippen LogP contribution in [0.4, 0.5) is 43.9 Å². The molecular weight excluding hydrogens is 572 g/mol. The molecule has 214 valence electrons. The Bertz CT molecular complexity index is 1250. The molecule has 0 radical (unpaired) electrons. The Morgan fingerprint density at radius 3 is 2.08 bits per heavy atom. The number of rotatable bonds is 8. The average molecular weight is 592 g/mol. The fraction of sp³-hybridized carbons (Fsp3) is 0.360. The first-order chi connectivity index (χ1) is 17.7. The number of halogens is 11. The van der Waals surface area contributed by atoms with E-state index in [4.69, 9.17) is 11.6 Å². The second-order valence-electron chi connectivity index (χ2n) is 8.59. The number of alkyl halides is 9. The summed E-state index contributed by atoms with van der Waals surface area (Å²) in [5.41, 5.74) is -3.77. The van der Waals surface area contributed by atoms with Crippen LogP contribution >= 0.6 is 11.6 Å². The molecule has 39 heavy (non-hydrogen) atoms. The van der Waals surface area contributed by atoms with Crippen molar-refractivity contribution in [1.29, 1.82) is 0 Å². The lowest BCUT2D eigenvalue weighted by atomic mass is 9.93. The largest absolute Gasteiger partial charge is 0.417 e. The van der Waals surface area contributed by atoms with E-state index in [0.717, 1.165) is 25.2 Å². The quantitative estimate of drug-likeness (QED) is 0.229. The maximum atomic E-state index is 14.9. The Balaban J connectivity index is 2.39. The van der Waals surface area contributed by atoms with Crippen molar-refractivity contribution in [3.05, 3.63) is 75.3 Å². The second kappa shape index (κ2) is 12.0. The van der Waals surface area contributed by atoms with E-state index in [2.05, 4.69) is 0 Å². The molecule has 0 heterocycles. The molecule has 2 aromatic carbocycles. The zero-order valence-electron chi connectivity index (χ0n) is 20.2. The molecule has 0 saturated heterocycles. The topological polar surface area (TPSA) is 37.4 Å². The van der Waals surface area contributed by atoms with Crippen LogP contribution in [0.25, 0.3) is 5.83 Å². The summed E-state index contributed by atoms with van der Waals surface area (Å²) >= 11 is 5.81. The van der Waals surface area contributed by atoms with Crippen LogP contribution in [-0.4, -0.2) is 42.5 Å². The molecule has 0 aliphatic heterocycles. The maximum absolute atomic E-state index is 14.9. The fourth-order valence-electron chi connectivity index (χ4n) is 3.56. The van der Waals surface area contributed by atoms with E-state index in [1.807, 2.05) is 0 Å². The van der Waals surface area contributed by atoms with Crippen molar-refractivity contribution in [2.75, 3.05) is 13.6 Å². The van der Waals surface area contributed by atoms with Crippen molar-refractivity contribution in [1.82, 2.24) is 4.90 Å². The molecule has 3 nitrogen and oxygen atoms in total. The van der Waals surface area contributed by atoms with Crippen LogP contribution in [-0.2, 0) is 11.0 Å². The lowest BCUT2D eigenvalue weighted by Gasteiger charge is -2.19. The second-order valence-corrected chi connectivity index (χ2v) is 9.00. The molecule has 0 saturated carbocycles. The highest BCUT2D eigenvalue weighted by molar-refractivity contribution is 6.31. The highest BCUT2D eigenvalue weighted by atomic mass is 35.5. The van der Waals surface area contributed by atoms with Gasteiger partial charge in [0.15, 0.2) is 5.78 Å². The number of nitrogens with zero attached hydrogens (tertiary/aromatic N) is 1. The Labute approximate surface area is 221 Å². The summed E-state index contributed by atoms with van der Waals surface area (Å²) in [4.78, 5) is 24.5. The van der Waals surface area contributed by atoms with Crippen molar-refractivity contribution in [3.8, 4) is 0 Å². The minimum atomic E-state index is -5.25.